The molecule has 1 aliphatic heterocycles. The Labute approximate surface area is 142 Å². The van der Waals surface area contributed by atoms with E-state index in [4.69, 9.17) is 9.47 Å². The first-order valence-electron chi connectivity index (χ1n) is 8.23. The van der Waals surface area contributed by atoms with Crippen molar-refractivity contribution in [3.63, 3.8) is 0 Å². The molecule has 2 aromatic rings. The first kappa shape index (κ1) is 16.4. The highest BCUT2D eigenvalue weighted by molar-refractivity contribution is 5.97. The van der Waals surface area contributed by atoms with Crippen LogP contribution >= 0.6 is 0 Å². The monoisotopic (exact) mass is 329 g/mol. The Hall–Kier alpha value is -2.50. The Bertz CT molecular complexity index is 685. The predicted octanol–water partition coefficient (Wildman–Crippen LogP) is 2.60. The zero-order valence-electron chi connectivity index (χ0n) is 14.1. The van der Waals surface area contributed by atoms with Crippen LogP contribution in [0.25, 0.3) is 0 Å². The van der Waals surface area contributed by atoms with Gasteiger partial charge in [-0.15, -0.1) is 0 Å². The lowest BCUT2D eigenvalue weighted by Gasteiger charge is -2.36. The molecule has 3 rings (SSSR count). The Morgan fingerprint density at radius 1 is 1.29 bits per heavy atom. The third kappa shape index (κ3) is 3.37. The molecule has 6 heteroatoms. The van der Waals surface area contributed by atoms with Crippen molar-refractivity contribution < 1.29 is 14.3 Å². The molecule has 0 N–H and O–H groups in total. The molecular formula is C18H23N3O3. The number of likely N-dealkylation sites (tertiary alicyclic amines) is 1. The summed E-state index contributed by atoms with van der Waals surface area (Å²) in [6.45, 7) is 1.48. The third-order valence-electron chi connectivity index (χ3n) is 4.48. The summed E-state index contributed by atoms with van der Waals surface area (Å²) in [5.41, 5.74) is 0.575. The maximum atomic E-state index is 13.1. The van der Waals surface area contributed by atoms with Gasteiger partial charge in [-0.25, -0.2) is 0 Å². The van der Waals surface area contributed by atoms with E-state index in [9.17, 15) is 4.79 Å². The lowest BCUT2D eigenvalue weighted by atomic mass is 10.0. The average molecular weight is 329 g/mol. The second kappa shape index (κ2) is 7.38. The van der Waals surface area contributed by atoms with Crippen LogP contribution in [0.2, 0.25) is 0 Å². The van der Waals surface area contributed by atoms with Gasteiger partial charge in [0.05, 0.1) is 32.4 Å². The largest absolute Gasteiger partial charge is 0.497 e. The van der Waals surface area contributed by atoms with Crippen LogP contribution in [0.1, 0.15) is 29.6 Å². The summed E-state index contributed by atoms with van der Waals surface area (Å²) in [6, 6.07) is 7.38. The second-order valence-corrected chi connectivity index (χ2v) is 5.94. The molecule has 1 aromatic heterocycles. The molecule has 0 unspecified atom stereocenters. The van der Waals surface area contributed by atoms with E-state index in [-0.39, 0.29) is 11.9 Å². The lowest BCUT2D eigenvalue weighted by Crippen LogP contribution is -2.46. The van der Waals surface area contributed by atoms with E-state index in [1.54, 1.807) is 38.6 Å². The number of aromatic nitrogens is 2. The molecule has 1 aliphatic rings. The Morgan fingerprint density at radius 3 is 2.88 bits per heavy atom. The fraction of sp³-hybridized carbons (Fsp3) is 0.444. The average Bonchev–Trinajstić information content (AvgIpc) is 3.14. The van der Waals surface area contributed by atoms with E-state index in [1.165, 1.54) is 0 Å². The molecule has 24 heavy (non-hydrogen) atoms. The molecule has 1 amide bonds. The van der Waals surface area contributed by atoms with Crippen molar-refractivity contribution in [2.24, 2.45) is 0 Å². The molecule has 1 atom stereocenters. The highest BCUT2D eigenvalue weighted by atomic mass is 16.5. The first-order chi connectivity index (χ1) is 11.7. The van der Waals surface area contributed by atoms with E-state index >= 15 is 0 Å². The topological polar surface area (TPSA) is 56.6 Å². The van der Waals surface area contributed by atoms with Crippen LogP contribution in [0, 0.1) is 0 Å². The second-order valence-electron chi connectivity index (χ2n) is 5.94. The number of carbonyl (C=O) groups is 1. The Morgan fingerprint density at radius 2 is 2.17 bits per heavy atom. The van der Waals surface area contributed by atoms with Crippen LogP contribution in [0.3, 0.4) is 0 Å². The van der Waals surface area contributed by atoms with Crippen LogP contribution in [0.5, 0.6) is 11.5 Å². The summed E-state index contributed by atoms with van der Waals surface area (Å²) in [4.78, 5) is 15.0. The molecule has 0 radical (unpaired) electrons. The van der Waals surface area contributed by atoms with Crippen LogP contribution in [-0.2, 0) is 6.54 Å². The molecule has 0 spiro atoms. The number of piperidine rings is 1. The van der Waals surface area contributed by atoms with Gasteiger partial charge in [0.2, 0.25) is 0 Å². The highest BCUT2D eigenvalue weighted by Crippen LogP contribution is 2.28. The van der Waals surface area contributed by atoms with Crippen LogP contribution in [-0.4, -0.2) is 47.4 Å². The van der Waals surface area contributed by atoms with Gasteiger partial charge in [0, 0.05) is 25.0 Å². The van der Waals surface area contributed by atoms with Crippen molar-refractivity contribution in [2.45, 2.75) is 31.8 Å². The number of ether oxygens (including phenoxy) is 2. The van der Waals surface area contributed by atoms with Gasteiger partial charge in [0.15, 0.2) is 0 Å². The molecular weight excluding hydrogens is 306 g/mol. The van der Waals surface area contributed by atoms with Crippen molar-refractivity contribution >= 4 is 5.91 Å². The minimum absolute atomic E-state index is 0.00589. The molecule has 0 aliphatic carbocycles. The molecule has 128 valence electrons. The number of hydrogen-bond acceptors (Lipinski definition) is 4. The van der Waals surface area contributed by atoms with Gasteiger partial charge in [0.1, 0.15) is 11.5 Å². The van der Waals surface area contributed by atoms with Crippen molar-refractivity contribution in [1.82, 2.24) is 14.7 Å². The van der Waals surface area contributed by atoms with Crippen molar-refractivity contribution in [3.05, 3.63) is 42.2 Å². The van der Waals surface area contributed by atoms with E-state index in [0.29, 0.717) is 17.1 Å². The fourth-order valence-corrected chi connectivity index (χ4v) is 3.21. The van der Waals surface area contributed by atoms with E-state index in [0.717, 1.165) is 32.4 Å². The van der Waals surface area contributed by atoms with Crippen molar-refractivity contribution in [2.75, 3.05) is 20.8 Å². The molecule has 1 fully saturated rings. The molecule has 0 bridgehead atoms. The SMILES string of the molecule is COc1ccc(C(=O)N2CCCC[C@@H]2Cn2cccn2)c(OC)c1. The summed E-state index contributed by atoms with van der Waals surface area (Å²) in [5, 5.41) is 4.27. The van der Waals surface area contributed by atoms with E-state index < -0.39 is 0 Å². The van der Waals surface area contributed by atoms with Crippen LogP contribution in [0.4, 0.5) is 0 Å². The van der Waals surface area contributed by atoms with Crippen LogP contribution in [0.15, 0.2) is 36.7 Å². The minimum Gasteiger partial charge on any atom is -0.497 e. The van der Waals surface area contributed by atoms with E-state index in [2.05, 4.69) is 5.10 Å². The number of nitrogens with zero attached hydrogens (tertiary/aromatic N) is 3. The van der Waals surface area contributed by atoms with Gasteiger partial charge in [-0.3, -0.25) is 9.48 Å². The zero-order valence-corrected chi connectivity index (χ0v) is 14.1. The molecule has 1 aromatic carbocycles. The third-order valence-corrected chi connectivity index (χ3v) is 4.48. The maximum absolute atomic E-state index is 13.1. The predicted molar refractivity (Wildman–Crippen MR) is 90.4 cm³/mol. The Balaban J connectivity index is 1.83. The molecule has 6 nitrogen and oxygen atoms in total. The number of carbonyl (C=O) groups excluding carboxylic acids is 1. The smallest absolute Gasteiger partial charge is 0.257 e. The zero-order chi connectivity index (χ0) is 16.9. The summed E-state index contributed by atoms with van der Waals surface area (Å²) < 4.78 is 12.5. The number of methoxy groups -OCH3 is 2. The lowest BCUT2D eigenvalue weighted by molar-refractivity contribution is 0.0580. The van der Waals surface area contributed by atoms with Crippen molar-refractivity contribution in [3.8, 4) is 11.5 Å². The maximum Gasteiger partial charge on any atom is 0.257 e. The molecule has 0 saturated carbocycles. The molecule has 1 saturated heterocycles. The standard InChI is InChI=1S/C18H23N3O3/c1-23-15-7-8-16(17(12-15)24-2)18(22)21-11-4-3-6-14(21)13-20-10-5-9-19-20/h5,7-10,12,14H,3-4,6,11,13H2,1-2H3/t14-/m1/s1. The number of benzene rings is 1. The van der Waals surface area contributed by atoms with Gasteiger partial charge in [-0.2, -0.15) is 5.10 Å². The van der Waals surface area contributed by atoms with Crippen LogP contribution < -0.4 is 9.47 Å². The minimum atomic E-state index is 0.00589. The van der Waals surface area contributed by atoms with Crippen molar-refractivity contribution in [1.29, 1.82) is 0 Å². The number of amides is 1. The van der Waals surface area contributed by atoms with Gasteiger partial charge >= 0.3 is 0 Å². The summed E-state index contributed by atoms with van der Waals surface area (Å²) >= 11 is 0. The normalized spacial score (nSPS) is 17.6. The summed E-state index contributed by atoms with van der Waals surface area (Å²) in [7, 11) is 3.17. The Kier molecular flexibility index (Phi) is 5.03. The number of hydrogen-bond donors (Lipinski definition) is 0. The highest BCUT2D eigenvalue weighted by Gasteiger charge is 2.29. The molecule has 2 heterocycles. The summed E-state index contributed by atoms with van der Waals surface area (Å²) in [6.07, 6.45) is 6.85. The first-order valence-corrected chi connectivity index (χ1v) is 8.23. The van der Waals surface area contributed by atoms with Gasteiger partial charge in [-0.1, -0.05) is 0 Å². The summed E-state index contributed by atoms with van der Waals surface area (Å²) in [5.74, 6) is 1.23. The van der Waals surface area contributed by atoms with Gasteiger partial charge in [0.25, 0.3) is 5.91 Å². The number of rotatable bonds is 5. The van der Waals surface area contributed by atoms with E-state index in [1.807, 2.05) is 21.8 Å². The van der Waals surface area contributed by atoms with Gasteiger partial charge < -0.3 is 14.4 Å². The fourth-order valence-electron chi connectivity index (χ4n) is 3.21. The quantitative estimate of drug-likeness (QED) is 0.846. The van der Waals surface area contributed by atoms with Gasteiger partial charge in [-0.05, 0) is 37.5 Å².